The second kappa shape index (κ2) is 51.5. The quantitative estimate of drug-likeness (QED) is 0.0245. The second-order valence-corrected chi connectivity index (χ2v) is 18.2. The third kappa shape index (κ3) is 47.3. The van der Waals surface area contributed by atoms with Gasteiger partial charge in [0.05, 0.1) is 25.4 Å². The minimum Gasteiger partial charge on any atom is -0.466 e. The molecule has 1 amide bonds. The summed E-state index contributed by atoms with van der Waals surface area (Å²) in [5.74, 6) is -0.103. The molecule has 0 aliphatic carbocycles. The van der Waals surface area contributed by atoms with Gasteiger partial charge in [0.25, 0.3) is 0 Å². The van der Waals surface area contributed by atoms with Crippen molar-refractivity contribution >= 4 is 11.9 Å². The second-order valence-electron chi connectivity index (χ2n) is 18.2. The molecule has 0 bridgehead atoms. The minimum absolute atomic E-state index is 0.0235. The molecule has 0 saturated heterocycles. The highest BCUT2D eigenvalue weighted by Crippen LogP contribution is 2.15. The number of unbranched alkanes of at least 4 members (excludes halogenated alkanes) is 33. The SMILES string of the molecule is CCCCCCC/C=C\CCCCCCCC(=O)OCCCCC/C=C\C=C/CCCCCCCCCCCCC(=O)NC(CO)C(O)/C=C/CCCCCCCCCCCC. The van der Waals surface area contributed by atoms with Gasteiger partial charge in [0.15, 0.2) is 0 Å². The van der Waals surface area contributed by atoms with Crippen molar-refractivity contribution in [3.8, 4) is 0 Å². The lowest BCUT2D eigenvalue weighted by molar-refractivity contribution is -0.143. The van der Waals surface area contributed by atoms with E-state index in [0.717, 1.165) is 77.0 Å². The van der Waals surface area contributed by atoms with Crippen molar-refractivity contribution in [2.45, 2.75) is 283 Å². The molecule has 3 N–H and O–H groups in total. The van der Waals surface area contributed by atoms with Gasteiger partial charge in [-0.15, -0.1) is 0 Å². The summed E-state index contributed by atoms with van der Waals surface area (Å²) in [4.78, 5) is 24.4. The molecule has 0 aliphatic heterocycles. The van der Waals surface area contributed by atoms with Gasteiger partial charge in [0.2, 0.25) is 5.91 Å². The molecule has 2 unspecified atom stereocenters. The Morgan fingerprint density at radius 1 is 0.452 bits per heavy atom. The molecule has 6 nitrogen and oxygen atoms in total. The standard InChI is InChI=1S/C56H103NO5/c1-3-5-7-9-11-13-15-17-26-30-34-38-42-46-50-56(61)62-51-47-43-39-35-31-27-24-22-20-18-19-21-23-25-29-33-37-41-45-49-55(60)57-53(52-58)54(59)48-44-40-36-32-28-16-14-12-10-8-6-4-2/h15,17,22,24,27,31,44,48,53-54,58-59H,3-14,16,18-21,23,25-26,28-30,32-43,45-47,49-52H2,1-2H3,(H,57,60)/b17-15-,24-22-,31-27-,48-44+. The summed E-state index contributed by atoms with van der Waals surface area (Å²) in [6.45, 7) is 4.83. The smallest absolute Gasteiger partial charge is 0.305 e. The molecule has 0 aromatic rings. The zero-order chi connectivity index (χ0) is 45.1. The molecule has 0 aromatic heterocycles. The molecule has 0 fully saturated rings. The third-order valence-electron chi connectivity index (χ3n) is 12.1. The van der Waals surface area contributed by atoms with Crippen molar-refractivity contribution in [1.29, 1.82) is 0 Å². The molecule has 0 heterocycles. The molecular formula is C56H103NO5. The van der Waals surface area contributed by atoms with Gasteiger partial charge < -0.3 is 20.3 Å². The van der Waals surface area contributed by atoms with Crippen molar-refractivity contribution < 1.29 is 24.5 Å². The number of rotatable bonds is 49. The van der Waals surface area contributed by atoms with Gasteiger partial charge in [0.1, 0.15) is 0 Å². The normalized spacial score (nSPS) is 13.0. The van der Waals surface area contributed by atoms with E-state index in [1.54, 1.807) is 6.08 Å². The van der Waals surface area contributed by atoms with Crippen molar-refractivity contribution in [2.24, 2.45) is 0 Å². The Labute approximate surface area is 385 Å². The number of nitrogens with one attached hydrogen (secondary N) is 1. The number of hydrogen-bond donors (Lipinski definition) is 3. The zero-order valence-corrected chi connectivity index (χ0v) is 41.1. The van der Waals surface area contributed by atoms with Crippen LogP contribution in [0.15, 0.2) is 48.6 Å². The molecule has 6 heteroatoms. The number of carbonyl (C=O) groups excluding carboxylic acids is 2. The molecule has 0 aromatic carbocycles. The van der Waals surface area contributed by atoms with Crippen LogP contribution in [0.1, 0.15) is 271 Å². The highest BCUT2D eigenvalue weighted by Gasteiger charge is 2.18. The highest BCUT2D eigenvalue weighted by atomic mass is 16.5. The largest absolute Gasteiger partial charge is 0.466 e. The topological polar surface area (TPSA) is 95.9 Å². The molecule has 2 atom stereocenters. The van der Waals surface area contributed by atoms with E-state index >= 15 is 0 Å². The fourth-order valence-corrected chi connectivity index (χ4v) is 7.91. The molecule has 0 rings (SSSR count). The average molecular weight is 870 g/mol. The predicted molar refractivity (Wildman–Crippen MR) is 269 cm³/mol. The summed E-state index contributed by atoms with van der Waals surface area (Å²) in [5, 5.41) is 23.0. The monoisotopic (exact) mass is 870 g/mol. The van der Waals surface area contributed by atoms with Gasteiger partial charge in [-0.1, -0.05) is 217 Å². The molecule has 0 radical (unpaired) electrons. The first-order chi connectivity index (χ1) is 30.5. The van der Waals surface area contributed by atoms with E-state index in [9.17, 15) is 19.8 Å². The van der Waals surface area contributed by atoms with Gasteiger partial charge in [-0.3, -0.25) is 9.59 Å². The van der Waals surface area contributed by atoms with Crippen LogP contribution in [0.25, 0.3) is 0 Å². The van der Waals surface area contributed by atoms with E-state index in [1.807, 2.05) is 6.08 Å². The Morgan fingerprint density at radius 3 is 1.24 bits per heavy atom. The van der Waals surface area contributed by atoms with Gasteiger partial charge in [0, 0.05) is 12.8 Å². The van der Waals surface area contributed by atoms with Crippen LogP contribution in [0.4, 0.5) is 0 Å². The van der Waals surface area contributed by atoms with Crippen LogP contribution in [0.2, 0.25) is 0 Å². The summed E-state index contributed by atoms with van der Waals surface area (Å²) in [6.07, 6.45) is 64.1. The summed E-state index contributed by atoms with van der Waals surface area (Å²) >= 11 is 0. The first kappa shape index (κ1) is 59.8. The summed E-state index contributed by atoms with van der Waals surface area (Å²) in [7, 11) is 0. The van der Waals surface area contributed by atoms with Crippen LogP contribution >= 0.6 is 0 Å². The lowest BCUT2D eigenvalue weighted by atomic mass is 10.0. The van der Waals surface area contributed by atoms with Gasteiger partial charge >= 0.3 is 5.97 Å². The van der Waals surface area contributed by atoms with Crippen LogP contribution < -0.4 is 5.32 Å². The Morgan fingerprint density at radius 2 is 0.806 bits per heavy atom. The maximum Gasteiger partial charge on any atom is 0.305 e. The fraction of sp³-hybridized carbons (Fsp3) is 0.821. The lowest BCUT2D eigenvalue weighted by Gasteiger charge is -2.20. The van der Waals surface area contributed by atoms with Crippen molar-refractivity contribution in [2.75, 3.05) is 13.2 Å². The summed E-state index contributed by atoms with van der Waals surface area (Å²) < 4.78 is 5.44. The van der Waals surface area contributed by atoms with Crippen LogP contribution in [0, 0.1) is 0 Å². The van der Waals surface area contributed by atoms with Crippen molar-refractivity contribution in [1.82, 2.24) is 5.32 Å². The highest BCUT2D eigenvalue weighted by molar-refractivity contribution is 5.76. The number of hydrogen-bond acceptors (Lipinski definition) is 5. The first-order valence-corrected chi connectivity index (χ1v) is 26.9. The van der Waals surface area contributed by atoms with Gasteiger partial charge in [-0.05, 0) is 89.9 Å². The Kier molecular flexibility index (Phi) is 49.6. The minimum atomic E-state index is -0.851. The summed E-state index contributed by atoms with van der Waals surface area (Å²) in [5.41, 5.74) is 0. The number of amides is 1. The number of allylic oxidation sites excluding steroid dienone is 7. The van der Waals surface area contributed by atoms with Gasteiger partial charge in [-0.2, -0.15) is 0 Å². The number of aliphatic hydroxyl groups excluding tert-OH is 2. The summed E-state index contributed by atoms with van der Waals surface area (Å²) in [6, 6.07) is -0.635. The molecule has 0 aliphatic rings. The van der Waals surface area contributed by atoms with E-state index in [0.29, 0.717) is 19.4 Å². The molecule has 362 valence electrons. The Bertz CT molecular complexity index is 1050. The number of aliphatic hydroxyl groups is 2. The Hall–Kier alpha value is -2.18. The lowest BCUT2D eigenvalue weighted by Crippen LogP contribution is -2.45. The molecular weight excluding hydrogens is 767 g/mol. The van der Waals surface area contributed by atoms with Crippen molar-refractivity contribution in [3.63, 3.8) is 0 Å². The van der Waals surface area contributed by atoms with E-state index in [1.165, 1.54) is 167 Å². The van der Waals surface area contributed by atoms with E-state index in [2.05, 4.69) is 55.6 Å². The fourth-order valence-electron chi connectivity index (χ4n) is 7.91. The number of ether oxygens (including phenoxy) is 1. The van der Waals surface area contributed by atoms with E-state index < -0.39 is 12.1 Å². The first-order valence-electron chi connectivity index (χ1n) is 26.9. The molecule has 62 heavy (non-hydrogen) atoms. The Balaban J connectivity index is 3.51. The van der Waals surface area contributed by atoms with E-state index in [4.69, 9.17) is 4.74 Å². The number of carbonyl (C=O) groups is 2. The third-order valence-corrected chi connectivity index (χ3v) is 12.1. The van der Waals surface area contributed by atoms with Crippen LogP contribution in [-0.4, -0.2) is 47.4 Å². The predicted octanol–water partition coefficient (Wildman–Crippen LogP) is 16.2. The number of esters is 1. The maximum absolute atomic E-state index is 12.4. The van der Waals surface area contributed by atoms with Crippen LogP contribution in [0.3, 0.4) is 0 Å². The van der Waals surface area contributed by atoms with Crippen LogP contribution in [0.5, 0.6) is 0 Å². The van der Waals surface area contributed by atoms with E-state index in [-0.39, 0.29) is 18.5 Å². The zero-order valence-electron chi connectivity index (χ0n) is 41.1. The van der Waals surface area contributed by atoms with Gasteiger partial charge in [-0.25, -0.2) is 0 Å². The molecule has 0 spiro atoms. The van der Waals surface area contributed by atoms with Crippen molar-refractivity contribution in [3.05, 3.63) is 48.6 Å². The van der Waals surface area contributed by atoms with Crippen LogP contribution in [-0.2, 0) is 14.3 Å². The maximum atomic E-state index is 12.4. The average Bonchev–Trinajstić information content (AvgIpc) is 3.27. The molecule has 0 saturated carbocycles.